The van der Waals surface area contributed by atoms with Gasteiger partial charge in [-0.3, -0.25) is 4.79 Å². The quantitative estimate of drug-likeness (QED) is 0.0204. The minimum absolute atomic E-state index is 0.215. The third kappa shape index (κ3) is 34.3. The van der Waals surface area contributed by atoms with Gasteiger partial charge in [-0.2, -0.15) is 0 Å². The number of allylic oxidation sites excluding steroid dienone is 6. The van der Waals surface area contributed by atoms with Crippen LogP contribution in [0.15, 0.2) is 36.5 Å². The first-order valence-electron chi connectivity index (χ1n) is 31.7. The van der Waals surface area contributed by atoms with Gasteiger partial charge in [-0.25, -0.2) is 0 Å². The summed E-state index contributed by atoms with van der Waals surface area (Å²) in [6.07, 6.45) is 42.9. The van der Waals surface area contributed by atoms with Crippen molar-refractivity contribution >= 4 is 5.91 Å². The Labute approximate surface area is 468 Å². The number of amides is 1. The molecule has 2 heterocycles. The average Bonchev–Trinajstić information content (AvgIpc) is 3.44. The predicted octanol–water partition coefficient (Wildman–Crippen LogP) is 11.4. The molecule has 2 aliphatic rings. The van der Waals surface area contributed by atoms with Gasteiger partial charge in [0.2, 0.25) is 5.91 Å². The summed E-state index contributed by atoms with van der Waals surface area (Å²) >= 11 is 0. The van der Waals surface area contributed by atoms with E-state index in [0.717, 1.165) is 77.0 Å². The Balaban J connectivity index is 1.71. The Morgan fingerprint density at radius 2 is 0.896 bits per heavy atom. The molecule has 77 heavy (non-hydrogen) atoms. The number of carbonyl (C=O) groups is 1. The summed E-state index contributed by atoms with van der Waals surface area (Å²) in [7, 11) is 0. The van der Waals surface area contributed by atoms with Gasteiger partial charge in [0, 0.05) is 6.42 Å². The van der Waals surface area contributed by atoms with Gasteiger partial charge < -0.3 is 65.1 Å². The van der Waals surface area contributed by atoms with Crippen molar-refractivity contribution in [3.05, 3.63) is 36.5 Å². The van der Waals surface area contributed by atoms with Crippen molar-refractivity contribution in [2.24, 2.45) is 0 Å². The number of nitrogens with one attached hydrogen (secondary N) is 1. The van der Waals surface area contributed by atoms with Gasteiger partial charge in [0.25, 0.3) is 0 Å². The van der Waals surface area contributed by atoms with E-state index in [1.807, 2.05) is 0 Å². The molecule has 0 aromatic heterocycles. The number of aliphatic hydroxyl groups is 8. The molecular formula is C63H117NO13. The fraction of sp³-hybridized carbons (Fsp3) is 0.889. The molecule has 12 unspecified atom stereocenters. The van der Waals surface area contributed by atoms with E-state index >= 15 is 0 Å². The standard InChI is InChI=1S/C63H117NO13/c1-3-5-7-9-11-13-15-17-19-21-22-23-24-25-26-27-28-29-31-32-34-36-38-40-42-44-46-52(67)51(64-55(68)47-45-43-41-39-37-35-33-30-20-18-16-14-12-10-8-6-4-2)50-74-62-60(73)58(71)61(54(49-66)76-62)77-63-59(72)57(70)56(69)53(48-65)75-63/h6,8,12,14,18,20,51-54,56-63,65-67,69-73H,3-5,7,9-11,13,15-17,19,21-50H2,1-2H3,(H,64,68)/b8-6-,14-12-,20-18-. The zero-order valence-electron chi connectivity index (χ0n) is 48.7. The summed E-state index contributed by atoms with van der Waals surface area (Å²) < 4.78 is 22.9. The molecule has 9 N–H and O–H groups in total. The second kappa shape index (κ2) is 48.9. The van der Waals surface area contributed by atoms with Crippen molar-refractivity contribution in [3.8, 4) is 0 Å². The van der Waals surface area contributed by atoms with Crippen LogP contribution in [0.25, 0.3) is 0 Å². The molecule has 14 heteroatoms. The van der Waals surface area contributed by atoms with Gasteiger partial charge in [0.15, 0.2) is 12.6 Å². The van der Waals surface area contributed by atoms with Crippen molar-refractivity contribution in [2.75, 3.05) is 19.8 Å². The Morgan fingerprint density at radius 3 is 1.38 bits per heavy atom. The molecule has 14 nitrogen and oxygen atoms in total. The fourth-order valence-electron chi connectivity index (χ4n) is 10.5. The fourth-order valence-corrected chi connectivity index (χ4v) is 10.5. The second-order valence-electron chi connectivity index (χ2n) is 22.5. The highest BCUT2D eigenvalue weighted by Gasteiger charge is 2.51. The molecule has 2 fully saturated rings. The molecule has 0 spiro atoms. The smallest absolute Gasteiger partial charge is 0.220 e. The van der Waals surface area contributed by atoms with Crippen LogP contribution < -0.4 is 5.32 Å². The number of unbranched alkanes of at least 4 members (excludes halogenated alkanes) is 32. The van der Waals surface area contributed by atoms with Crippen molar-refractivity contribution in [1.82, 2.24) is 5.32 Å². The summed E-state index contributed by atoms with van der Waals surface area (Å²) in [5, 5.41) is 87.4. The van der Waals surface area contributed by atoms with E-state index in [1.54, 1.807) is 0 Å². The van der Waals surface area contributed by atoms with E-state index in [1.165, 1.54) is 154 Å². The Bertz CT molecular complexity index is 1430. The monoisotopic (exact) mass is 1100 g/mol. The van der Waals surface area contributed by atoms with E-state index in [-0.39, 0.29) is 12.5 Å². The summed E-state index contributed by atoms with van der Waals surface area (Å²) in [4.78, 5) is 13.3. The van der Waals surface area contributed by atoms with Crippen molar-refractivity contribution in [3.63, 3.8) is 0 Å². The summed E-state index contributed by atoms with van der Waals surface area (Å²) in [6.45, 7) is 2.77. The van der Waals surface area contributed by atoms with E-state index in [4.69, 9.17) is 18.9 Å². The molecule has 0 aliphatic carbocycles. The van der Waals surface area contributed by atoms with E-state index < -0.39 is 86.8 Å². The lowest BCUT2D eigenvalue weighted by Crippen LogP contribution is -2.65. The zero-order valence-corrected chi connectivity index (χ0v) is 48.7. The number of ether oxygens (including phenoxy) is 4. The molecule has 12 atom stereocenters. The molecule has 2 aliphatic heterocycles. The Hall–Kier alpha value is -1.79. The number of aliphatic hydroxyl groups excluding tert-OH is 8. The normalized spacial score (nSPS) is 24.9. The van der Waals surface area contributed by atoms with Crippen LogP contribution in [0.1, 0.15) is 264 Å². The molecule has 452 valence electrons. The predicted molar refractivity (Wildman–Crippen MR) is 309 cm³/mol. The maximum Gasteiger partial charge on any atom is 0.220 e. The lowest BCUT2D eigenvalue weighted by molar-refractivity contribution is -0.359. The third-order valence-electron chi connectivity index (χ3n) is 15.6. The van der Waals surface area contributed by atoms with Crippen LogP contribution >= 0.6 is 0 Å². The van der Waals surface area contributed by atoms with Crippen molar-refractivity contribution in [1.29, 1.82) is 0 Å². The zero-order chi connectivity index (χ0) is 56.0. The molecule has 1 amide bonds. The summed E-state index contributed by atoms with van der Waals surface area (Å²) in [5.41, 5.74) is 0. The largest absolute Gasteiger partial charge is 0.394 e. The molecule has 0 aromatic carbocycles. The van der Waals surface area contributed by atoms with Crippen LogP contribution in [0.3, 0.4) is 0 Å². The highest BCUT2D eigenvalue weighted by atomic mass is 16.7. The first-order chi connectivity index (χ1) is 37.6. The Kier molecular flexibility index (Phi) is 45.3. The molecule has 2 saturated heterocycles. The minimum Gasteiger partial charge on any atom is -0.394 e. The molecule has 0 aromatic rings. The van der Waals surface area contributed by atoms with E-state index in [9.17, 15) is 45.6 Å². The summed E-state index contributed by atoms with van der Waals surface area (Å²) in [6, 6.07) is -0.835. The SMILES string of the molecule is CC/C=C\C/C=C\C/C=C\CCCCCCCCCC(=O)NC(COC1OC(CO)C(OC2OC(CO)C(O)C(O)C2O)C(O)C1O)C(O)CCCCCCCCCCCCCCCCCCCCCCCCCCCC. The van der Waals surface area contributed by atoms with Crippen LogP contribution in [0.5, 0.6) is 0 Å². The Morgan fingerprint density at radius 1 is 0.481 bits per heavy atom. The summed E-state index contributed by atoms with van der Waals surface area (Å²) in [5.74, 6) is -0.215. The molecule has 0 bridgehead atoms. The topological polar surface area (TPSA) is 228 Å². The number of hydrogen-bond donors (Lipinski definition) is 9. The third-order valence-corrected chi connectivity index (χ3v) is 15.6. The van der Waals surface area contributed by atoms with Crippen molar-refractivity contribution < 1.29 is 64.6 Å². The molecule has 2 rings (SSSR count). The van der Waals surface area contributed by atoms with Crippen LogP contribution in [-0.2, 0) is 23.7 Å². The average molecular weight is 1100 g/mol. The maximum absolute atomic E-state index is 13.3. The molecule has 0 radical (unpaired) electrons. The van der Waals surface area contributed by atoms with Gasteiger partial charge in [-0.1, -0.05) is 249 Å². The van der Waals surface area contributed by atoms with Gasteiger partial charge in [-0.05, 0) is 44.9 Å². The van der Waals surface area contributed by atoms with Crippen LogP contribution in [0.4, 0.5) is 0 Å². The van der Waals surface area contributed by atoms with Gasteiger partial charge in [-0.15, -0.1) is 0 Å². The minimum atomic E-state index is -1.78. The lowest BCUT2D eigenvalue weighted by atomic mass is 9.97. The molecular weight excluding hydrogens is 979 g/mol. The number of hydrogen-bond acceptors (Lipinski definition) is 13. The van der Waals surface area contributed by atoms with Crippen LogP contribution in [-0.4, -0.2) is 140 Å². The second-order valence-corrected chi connectivity index (χ2v) is 22.5. The van der Waals surface area contributed by atoms with Crippen LogP contribution in [0, 0.1) is 0 Å². The van der Waals surface area contributed by atoms with Gasteiger partial charge >= 0.3 is 0 Å². The first kappa shape index (κ1) is 71.3. The van der Waals surface area contributed by atoms with Crippen LogP contribution in [0.2, 0.25) is 0 Å². The van der Waals surface area contributed by atoms with Gasteiger partial charge in [0.1, 0.15) is 48.8 Å². The van der Waals surface area contributed by atoms with Gasteiger partial charge in [0.05, 0.1) is 32.0 Å². The maximum atomic E-state index is 13.3. The highest BCUT2D eigenvalue weighted by Crippen LogP contribution is 2.30. The number of rotatable bonds is 51. The lowest BCUT2D eigenvalue weighted by Gasteiger charge is -2.46. The highest BCUT2D eigenvalue weighted by molar-refractivity contribution is 5.76. The van der Waals surface area contributed by atoms with E-state index in [2.05, 4.69) is 55.6 Å². The molecule has 0 saturated carbocycles. The first-order valence-corrected chi connectivity index (χ1v) is 31.7. The van der Waals surface area contributed by atoms with Crippen molar-refractivity contribution in [2.45, 2.75) is 338 Å². The van der Waals surface area contributed by atoms with E-state index in [0.29, 0.717) is 19.3 Å². The number of carbonyl (C=O) groups excluding carboxylic acids is 1.